The zero-order valence-electron chi connectivity index (χ0n) is 9.07. The van der Waals surface area contributed by atoms with Crippen molar-refractivity contribution < 1.29 is 4.21 Å². The number of nitrogens with zero attached hydrogens (tertiary/aromatic N) is 2. The van der Waals surface area contributed by atoms with Crippen LogP contribution < -0.4 is 0 Å². The van der Waals surface area contributed by atoms with Crippen LogP contribution in [0.5, 0.6) is 0 Å². The normalized spacial score (nSPS) is 16.3. The van der Waals surface area contributed by atoms with E-state index < -0.39 is 9.52 Å². The van der Waals surface area contributed by atoms with Crippen molar-refractivity contribution in [2.75, 3.05) is 6.26 Å². The molecule has 0 radical (unpaired) electrons. The first kappa shape index (κ1) is 11.2. The molecule has 0 aromatic carbocycles. The Kier molecular flexibility index (Phi) is 2.67. The molecule has 3 nitrogen and oxygen atoms in total. The molecular formula is C10H16N2OS. The molecule has 0 saturated heterocycles. The van der Waals surface area contributed by atoms with E-state index >= 15 is 0 Å². The Morgan fingerprint density at radius 1 is 1.43 bits per heavy atom. The van der Waals surface area contributed by atoms with Gasteiger partial charge in [0.1, 0.15) is 10.9 Å². The summed E-state index contributed by atoms with van der Waals surface area (Å²) in [7, 11) is -2.24. The standard InChI is InChI=1S/C10H16N2OS/c1-10(2,3)9-11-7-6-8(12-9)14(4,5)13/h6-7H,4H2,1-3,5H3. The molecule has 0 aliphatic carbocycles. The molecule has 1 aromatic heterocycles. The zero-order chi connectivity index (χ0) is 11.0. The molecule has 0 N–H and O–H groups in total. The molecule has 78 valence electrons. The average Bonchev–Trinajstić information content (AvgIpc) is 2.01. The first-order valence-electron chi connectivity index (χ1n) is 4.37. The summed E-state index contributed by atoms with van der Waals surface area (Å²) in [5.41, 5.74) is -0.124. The van der Waals surface area contributed by atoms with E-state index in [-0.39, 0.29) is 5.41 Å². The van der Waals surface area contributed by atoms with Gasteiger partial charge in [-0.15, -0.1) is 0 Å². The van der Waals surface area contributed by atoms with Crippen LogP contribution in [0.4, 0.5) is 0 Å². The quantitative estimate of drug-likeness (QED) is 0.523. The molecule has 0 aliphatic rings. The smallest absolute Gasteiger partial charge is 0.134 e. The second-order valence-electron chi connectivity index (χ2n) is 4.47. The van der Waals surface area contributed by atoms with E-state index in [0.29, 0.717) is 10.9 Å². The molecule has 0 spiro atoms. The second kappa shape index (κ2) is 3.35. The van der Waals surface area contributed by atoms with Gasteiger partial charge in [-0.1, -0.05) is 20.8 Å². The van der Waals surface area contributed by atoms with Crippen LogP contribution in [0.2, 0.25) is 0 Å². The molecule has 4 heteroatoms. The maximum absolute atomic E-state index is 11.7. The summed E-state index contributed by atoms with van der Waals surface area (Å²) in [5, 5.41) is 0.525. The van der Waals surface area contributed by atoms with Crippen molar-refractivity contribution in [1.82, 2.24) is 9.97 Å². The maximum atomic E-state index is 11.7. The Morgan fingerprint density at radius 2 is 2.00 bits per heavy atom. The Balaban J connectivity index is 3.29. The third-order valence-electron chi connectivity index (χ3n) is 1.74. The van der Waals surface area contributed by atoms with Crippen LogP contribution in [-0.2, 0) is 14.9 Å². The van der Waals surface area contributed by atoms with E-state index in [1.807, 2.05) is 20.8 Å². The van der Waals surface area contributed by atoms with Crippen LogP contribution in [0.1, 0.15) is 26.6 Å². The van der Waals surface area contributed by atoms with Crippen LogP contribution in [0.15, 0.2) is 17.3 Å². The molecular weight excluding hydrogens is 196 g/mol. The van der Waals surface area contributed by atoms with E-state index in [1.165, 1.54) is 0 Å². The molecule has 0 fully saturated rings. The van der Waals surface area contributed by atoms with Gasteiger partial charge >= 0.3 is 0 Å². The molecule has 14 heavy (non-hydrogen) atoms. The highest BCUT2D eigenvalue weighted by Crippen LogP contribution is 2.18. The van der Waals surface area contributed by atoms with Gasteiger partial charge in [0.15, 0.2) is 0 Å². The Labute approximate surface area is 85.6 Å². The minimum absolute atomic E-state index is 0.124. The minimum atomic E-state index is -2.24. The van der Waals surface area contributed by atoms with Gasteiger partial charge in [0.05, 0.1) is 0 Å². The molecule has 1 unspecified atom stereocenters. The molecule has 1 heterocycles. The highest BCUT2D eigenvalue weighted by molar-refractivity contribution is 7.99. The van der Waals surface area contributed by atoms with E-state index in [0.717, 1.165) is 0 Å². The summed E-state index contributed by atoms with van der Waals surface area (Å²) in [6.07, 6.45) is 3.22. The maximum Gasteiger partial charge on any atom is 0.134 e. The molecule has 0 bridgehead atoms. The van der Waals surface area contributed by atoms with Gasteiger partial charge in [-0.2, -0.15) is 0 Å². The molecule has 1 rings (SSSR count). The summed E-state index contributed by atoms with van der Waals surface area (Å²) in [4.78, 5) is 8.43. The highest BCUT2D eigenvalue weighted by Gasteiger charge is 2.18. The number of hydrogen-bond acceptors (Lipinski definition) is 3. The van der Waals surface area contributed by atoms with Gasteiger partial charge in [0.2, 0.25) is 0 Å². The lowest BCUT2D eigenvalue weighted by atomic mass is 9.96. The zero-order valence-corrected chi connectivity index (χ0v) is 9.89. The third-order valence-corrected chi connectivity index (χ3v) is 2.86. The van der Waals surface area contributed by atoms with Crippen LogP contribution in [-0.4, -0.2) is 26.3 Å². The summed E-state index contributed by atoms with van der Waals surface area (Å²) in [5.74, 6) is 4.30. The molecule has 0 saturated carbocycles. The number of aromatic nitrogens is 2. The van der Waals surface area contributed by atoms with Crippen molar-refractivity contribution in [2.45, 2.75) is 31.2 Å². The van der Waals surface area contributed by atoms with Gasteiger partial charge in [-0.3, -0.25) is 4.21 Å². The van der Waals surface area contributed by atoms with Gasteiger partial charge in [0.25, 0.3) is 0 Å². The van der Waals surface area contributed by atoms with Gasteiger partial charge in [0, 0.05) is 27.4 Å². The van der Waals surface area contributed by atoms with E-state index in [4.69, 9.17) is 0 Å². The van der Waals surface area contributed by atoms with Crippen LogP contribution in [0, 0.1) is 0 Å². The fourth-order valence-corrected chi connectivity index (χ4v) is 1.57. The van der Waals surface area contributed by atoms with E-state index in [1.54, 1.807) is 18.5 Å². The first-order valence-corrected chi connectivity index (χ1v) is 6.50. The predicted molar refractivity (Wildman–Crippen MR) is 60.2 cm³/mol. The van der Waals surface area contributed by atoms with Crippen molar-refractivity contribution in [3.63, 3.8) is 0 Å². The monoisotopic (exact) mass is 212 g/mol. The molecule has 1 atom stereocenters. The lowest BCUT2D eigenvalue weighted by Crippen LogP contribution is -2.17. The molecule has 0 aliphatic heterocycles. The predicted octanol–water partition coefficient (Wildman–Crippen LogP) is 1.48. The second-order valence-corrected chi connectivity index (χ2v) is 6.90. The highest BCUT2D eigenvalue weighted by atomic mass is 32.2. The Bertz CT molecular complexity index is 430. The van der Waals surface area contributed by atoms with Crippen molar-refractivity contribution in [3.05, 3.63) is 18.1 Å². The summed E-state index contributed by atoms with van der Waals surface area (Å²) < 4.78 is 11.7. The first-order chi connectivity index (χ1) is 6.21. The SMILES string of the molecule is C=S(C)(=O)c1ccnc(C(C)(C)C)n1. The lowest BCUT2D eigenvalue weighted by molar-refractivity contribution is 0.537. The van der Waals surface area contributed by atoms with Crippen LogP contribution >= 0.6 is 0 Å². The fourth-order valence-electron chi connectivity index (χ4n) is 0.944. The van der Waals surface area contributed by atoms with Crippen molar-refractivity contribution >= 4 is 15.4 Å². The van der Waals surface area contributed by atoms with Gasteiger partial charge in [-0.05, 0) is 11.9 Å². The summed E-state index contributed by atoms with van der Waals surface area (Å²) in [6, 6.07) is 1.66. The Morgan fingerprint density at radius 3 is 2.43 bits per heavy atom. The van der Waals surface area contributed by atoms with Crippen LogP contribution in [0.3, 0.4) is 0 Å². The van der Waals surface area contributed by atoms with Gasteiger partial charge < -0.3 is 0 Å². The topological polar surface area (TPSA) is 42.9 Å². The van der Waals surface area contributed by atoms with Crippen molar-refractivity contribution in [1.29, 1.82) is 0 Å². The number of rotatable bonds is 1. The van der Waals surface area contributed by atoms with Gasteiger partial charge in [-0.25, -0.2) is 9.97 Å². The summed E-state index contributed by atoms with van der Waals surface area (Å²) >= 11 is 0. The van der Waals surface area contributed by atoms with Crippen molar-refractivity contribution in [2.24, 2.45) is 0 Å². The largest absolute Gasteiger partial charge is 0.262 e. The molecule has 1 aromatic rings. The lowest BCUT2D eigenvalue weighted by Gasteiger charge is -2.16. The third kappa shape index (κ3) is 2.54. The van der Waals surface area contributed by atoms with E-state index in [2.05, 4.69) is 15.8 Å². The minimum Gasteiger partial charge on any atom is -0.262 e. The van der Waals surface area contributed by atoms with E-state index in [9.17, 15) is 4.21 Å². The van der Waals surface area contributed by atoms with Crippen LogP contribution in [0.25, 0.3) is 0 Å². The average molecular weight is 212 g/mol. The molecule has 0 amide bonds. The van der Waals surface area contributed by atoms with Crippen molar-refractivity contribution in [3.8, 4) is 0 Å². The summed E-state index contributed by atoms with van der Waals surface area (Å²) in [6.45, 7) is 6.06. The Hall–Kier alpha value is -0.900. The fraction of sp³-hybridized carbons (Fsp3) is 0.500. The number of hydrogen-bond donors (Lipinski definition) is 0.